The Morgan fingerprint density at radius 2 is 2.00 bits per heavy atom. The van der Waals surface area contributed by atoms with Crippen molar-refractivity contribution in [3.8, 4) is 5.75 Å². The third kappa shape index (κ3) is 5.28. The molecule has 3 heteroatoms. The average Bonchev–Trinajstić information content (AvgIpc) is 2.31. The van der Waals surface area contributed by atoms with E-state index in [1.54, 1.807) is 0 Å². The van der Waals surface area contributed by atoms with Crippen molar-refractivity contribution in [3.05, 3.63) is 28.8 Å². The molecule has 0 fully saturated rings. The van der Waals surface area contributed by atoms with Crippen molar-refractivity contribution in [2.75, 3.05) is 13.2 Å². The van der Waals surface area contributed by atoms with E-state index in [1.165, 1.54) is 0 Å². The average molecular weight is 270 g/mol. The molecule has 1 aromatic carbocycles. The van der Waals surface area contributed by atoms with Gasteiger partial charge in [0.15, 0.2) is 0 Å². The Labute approximate surface area is 115 Å². The normalized spacial score (nSPS) is 11.6. The van der Waals surface area contributed by atoms with E-state index in [9.17, 15) is 0 Å². The fraction of sp³-hybridized carbons (Fsp3) is 0.600. The molecule has 1 rings (SSSR count). The lowest BCUT2D eigenvalue weighted by Crippen LogP contribution is -2.23. The highest BCUT2D eigenvalue weighted by atomic mass is 35.5. The van der Waals surface area contributed by atoms with Gasteiger partial charge in [0.05, 0.1) is 11.6 Å². The second kappa shape index (κ2) is 7.01. The molecule has 0 aliphatic rings. The van der Waals surface area contributed by atoms with E-state index in [-0.39, 0.29) is 5.41 Å². The Hall–Kier alpha value is -0.730. The molecule has 0 amide bonds. The molecule has 0 saturated carbocycles. The largest absolute Gasteiger partial charge is 0.492 e. The minimum Gasteiger partial charge on any atom is -0.492 e. The molecule has 18 heavy (non-hydrogen) atoms. The van der Waals surface area contributed by atoms with Crippen LogP contribution in [0.1, 0.15) is 38.7 Å². The molecule has 0 aliphatic heterocycles. The van der Waals surface area contributed by atoms with Crippen LogP contribution in [0.5, 0.6) is 5.75 Å². The minimum atomic E-state index is 0.238. The van der Waals surface area contributed by atoms with Crippen molar-refractivity contribution in [2.24, 2.45) is 11.1 Å². The van der Waals surface area contributed by atoms with Gasteiger partial charge in [0.1, 0.15) is 5.75 Å². The van der Waals surface area contributed by atoms with Crippen molar-refractivity contribution in [3.63, 3.8) is 0 Å². The van der Waals surface area contributed by atoms with Gasteiger partial charge in [-0.1, -0.05) is 31.5 Å². The van der Waals surface area contributed by atoms with Gasteiger partial charge in [0.2, 0.25) is 0 Å². The number of hydrogen-bond donors (Lipinski definition) is 1. The molecule has 0 aliphatic carbocycles. The van der Waals surface area contributed by atoms with Gasteiger partial charge in [0, 0.05) is 0 Å². The quantitative estimate of drug-likeness (QED) is 0.754. The molecule has 0 bridgehead atoms. The summed E-state index contributed by atoms with van der Waals surface area (Å²) in [5.74, 6) is 0.778. The fourth-order valence-electron chi connectivity index (χ4n) is 1.71. The van der Waals surface area contributed by atoms with Crippen LogP contribution >= 0.6 is 11.6 Å². The van der Waals surface area contributed by atoms with Gasteiger partial charge in [-0.3, -0.25) is 0 Å². The van der Waals surface area contributed by atoms with Gasteiger partial charge < -0.3 is 10.5 Å². The summed E-state index contributed by atoms with van der Waals surface area (Å²) in [6, 6.07) is 5.87. The van der Waals surface area contributed by atoms with Crippen LogP contribution in [0.15, 0.2) is 18.2 Å². The van der Waals surface area contributed by atoms with Crippen LogP contribution in [0.25, 0.3) is 0 Å². The summed E-state index contributed by atoms with van der Waals surface area (Å²) in [7, 11) is 0. The first-order valence-corrected chi connectivity index (χ1v) is 6.91. The number of hydrogen-bond acceptors (Lipinski definition) is 2. The number of unbranched alkanes of at least 4 members (excludes halogenated alkanes) is 1. The number of ether oxygens (including phenoxy) is 1. The van der Waals surface area contributed by atoms with E-state index in [1.807, 2.05) is 25.1 Å². The van der Waals surface area contributed by atoms with Crippen molar-refractivity contribution < 1.29 is 4.74 Å². The first-order valence-electron chi connectivity index (χ1n) is 6.54. The van der Waals surface area contributed by atoms with E-state index in [0.717, 1.165) is 37.1 Å². The lowest BCUT2D eigenvalue weighted by atomic mass is 9.87. The van der Waals surface area contributed by atoms with Crippen LogP contribution in [0, 0.1) is 12.3 Å². The topological polar surface area (TPSA) is 35.2 Å². The first kappa shape index (κ1) is 15.3. The Kier molecular flexibility index (Phi) is 5.97. The van der Waals surface area contributed by atoms with Crippen molar-refractivity contribution in [2.45, 2.75) is 40.0 Å². The van der Waals surface area contributed by atoms with E-state index < -0.39 is 0 Å². The standard InChI is InChI=1S/C15H24ClNO/c1-12-6-7-14(13(16)10-12)18-9-5-4-8-15(2,3)11-17/h6-7,10H,4-5,8-9,11,17H2,1-3H3. The van der Waals surface area contributed by atoms with Crippen LogP contribution in [-0.2, 0) is 0 Å². The zero-order valence-corrected chi connectivity index (χ0v) is 12.4. The van der Waals surface area contributed by atoms with Crippen LogP contribution in [0.4, 0.5) is 0 Å². The second-order valence-corrected chi connectivity index (χ2v) is 6.01. The number of benzene rings is 1. The van der Waals surface area contributed by atoms with Crippen LogP contribution in [-0.4, -0.2) is 13.2 Å². The van der Waals surface area contributed by atoms with E-state index in [4.69, 9.17) is 22.1 Å². The molecule has 2 nitrogen and oxygen atoms in total. The number of halogens is 1. The third-order valence-corrected chi connectivity index (χ3v) is 3.44. The van der Waals surface area contributed by atoms with Gasteiger partial charge in [-0.15, -0.1) is 0 Å². The van der Waals surface area contributed by atoms with Crippen molar-refractivity contribution in [1.82, 2.24) is 0 Å². The summed E-state index contributed by atoms with van der Waals surface area (Å²) in [5.41, 5.74) is 7.09. The maximum absolute atomic E-state index is 6.10. The maximum atomic E-state index is 6.10. The smallest absolute Gasteiger partial charge is 0.137 e. The second-order valence-electron chi connectivity index (χ2n) is 5.61. The third-order valence-electron chi connectivity index (χ3n) is 3.15. The monoisotopic (exact) mass is 269 g/mol. The van der Waals surface area contributed by atoms with Crippen LogP contribution in [0.3, 0.4) is 0 Å². The molecule has 102 valence electrons. The Bertz CT molecular complexity index is 377. The summed E-state index contributed by atoms with van der Waals surface area (Å²) in [4.78, 5) is 0. The number of nitrogens with two attached hydrogens (primary N) is 1. The summed E-state index contributed by atoms with van der Waals surface area (Å²) in [5, 5.41) is 0.692. The summed E-state index contributed by atoms with van der Waals surface area (Å²) in [6.07, 6.45) is 3.30. The fourth-order valence-corrected chi connectivity index (χ4v) is 2.00. The molecule has 0 heterocycles. The molecule has 1 aromatic rings. The summed E-state index contributed by atoms with van der Waals surface area (Å²) >= 11 is 6.10. The maximum Gasteiger partial charge on any atom is 0.137 e. The Morgan fingerprint density at radius 1 is 1.28 bits per heavy atom. The molecular formula is C15H24ClNO. The Balaban J connectivity index is 2.26. The van der Waals surface area contributed by atoms with Gasteiger partial charge in [-0.25, -0.2) is 0 Å². The molecular weight excluding hydrogens is 246 g/mol. The summed E-state index contributed by atoms with van der Waals surface area (Å²) in [6.45, 7) is 7.86. The van der Waals surface area contributed by atoms with E-state index in [0.29, 0.717) is 11.6 Å². The van der Waals surface area contributed by atoms with Crippen molar-refractivity contribution >= 4 is 11.6 Å². The zero-order valence-electron chi connectivity index (χ0n) is 11.6. The molecule has 0 atom stereocenters. The zero-order chi connectivity index (χ0) is 13.6. The number of aryl methyl sites for hydroxylation is 1. The molecule has 2 N–H and O–H groups in total. The molecule has 0 aromatic heterocycles. The van der Waals surface area contributed by atoms with Crippen LogP contribution in [0.2, 0.25) is 5.02 Å². The van der Waals surface area contributed by atoms with Crippen molar-refractivity contribution in [1.29, 1.82) is 0 Å². The molecule has 0 spiro atoms. The van der Waals surface area contributed by atoms with Gasteiger partial charge in [-0.2, -0.15) is 0 Å². The predicted octanol–water partition coefficient (Wildman–Crippen LogP) is 4.18. The highest BCUT2D eigenvalue weighted by Gasteiger charge is 2.14. The molecule has 0 unspecified atom stereocenters. The van der Waals surface area contributed by atoms with Gasteiger partial charge >= 0.3 is 0 Å². The number of rotatable bonds is 7. The van der Waals surface area contributed by atoms with Gasteiger partial charge in [-0.05, 0) is 55.8 Å². The lowest BCUT2D eigenvalue weighted by molar-refractivity contribution is 0.279. The van der Waals surface area contributed by atoms with E-state index >= 15 is 0 Å². The van der Waals surface area contributed by atoms with Crippen LogP contribution < -0.4 is 10.5 Å². The van der Waals surface area contributed by atoms with Gasteiger partial charge in [0.25, 0.3) is 0 Å². The Morgan fingerprint density at radius 3 is 2.61 bits per heavy atom. The molecule has 0 radical (unpaired) electrons. The SMILES string of the molecule is Cc1ccc(OCCCCC(C)(C)CN)c(Cl)c1. The summed E-state index contributed by atoms with van der Waals surface area (Å²) < 4.78 is 5.68. The highest BCUT2D eigenvalue weighted by molar-refractivity contribution is 6.32. The minimum absolute atomic E-state index is 0.238. The molecule has 0 saturated heterocycles. The highest BCUT2D eigenvalue weighted by Crippen LogP contribution is 2.26. The lowest BCUT2D eigenvalue weighted by Gasteiger charge is -2.21. The van der Waals surface area contributed by atoms with E-state index in [2.05, 4.69) is 13.8 Å². The predicted molar refractivity (Wildman–Crippen MR) is 78.4 cm³/mol. The first-order chi connectivity index (χ1) is 8.44.